The summed E-state index contributed by atoms with van der Waals surface area (Å²) < 4.78 is 0. The zero-order valence-corrected chi connectivity index (χ0v) is 20.3. The molecule has 0 fully saturated rings. The van der Waals surface area contributed by atoms with Crippen molar-refractivity contribution in [3.05, 3.63) is 106 Å². The van der Waals surface area contributed by atoms with Crippen LogP contribution in [0.4, 0.5) is 0 Å². The zero-order chi connectivity index (χ0) is 24.9. The number of rotatable bonds is 9. The Kier molecular flexibility index (Phi) is 7.79. The van der Waals surface area contributed by atoms with Gasteiger partial charge in [-0.3, -0.25) is 9.59 Å². The standard InChI is InChI=1S/C30H33NO4/c1-19-12-13-23(27(14-19)20(2)32)16-25(33)17-24(15-21-8-4-3-5-9-21)30(35)31-29-26-11-7-6-10-22(26)18-28(29)34/h3-14,24-25,28-29,33-34H,15-18H2,1-2H3,(H,31,35)/t24-,25-,28-,29+/m1/s1. The third kappa shape index (κ3) is 6.05. The molecule has 1 aliphatic rings. The van der Waals surface area contributed by atoms with Gasteiger partial charge in [-0.05, 0) is 61.4 Å². The number of aryl methyl sites for hydroxylation is 1. The Morgan fingerprint density at radius 3 is 2.46 bits per heavy atom. The summed E-state index contributed by atoms with van der Waals surface area (Å²) >= 11 is 0. The van der Waals surface area contributed by atoms with Gasteiger partial charge in [-0.15, -0.1) is 0 Å². The molecule has 3 aromatic rings. The molecule has 1 aliphatic carbocycles. The Morgan fingerprint density at radius 2 is 1.71 bits per heavy atom. The first-order chi connectivity index (χ1) is 16.8. The van der Waals surface area contributed by atoms with Crippen molar-refractivity contribution in [2.45, 2.75) is 57.8 Å². The van der Waals surface area contributed by atoms with Crippen molar-refractivity contribution in [3.8, 4) is 0 Å². The maximum atomic E-state index is 13.5. The Labute approximate surface area is 206 Å². The van der Waals surface area contributed by atoms with Gasteiger partial charge in [0, 0.05) is 17.9 Å². The number of hydrogen-bond acceptors (Lipinski definition) is 4. The number of ketones is 1. The lowest BCUT2D eigenvalue weighted by atomic mass is 9.89. The number of hydrogen-bond donors (Lipinski definition) is 3. The summed E-state index contributed by atoms with van der Waals surface area (Å²) in [6, 6.07) is 22.7. The van der Waals surface area contributed by atoms with Crippen molar-refractivity contribution in [2.75, 3.05) is 0 Å². The molecule has 0 radical (unpaired) electrons. The molecule has 0 aliphatic heterocycles. The molecule has 0 unspecified atom stereocenters. The summed E-state index contributed by atoms with van der Waals surface area (Å²) in [5.41, 5.74) is 5.38. The summed E-state index contributed by atoms with van der Waals surface area (Å²) in [5, 5.41) is 24.7. The topological polar surface area (TPSA) is 86.6 Å². The Balaban J connectivity index is 1.52. The van der Waals surface area contributed by atoms with E-state index >= 15 is 0 Å². The third-order valence-electron chi connectivity index (χ3n) is 6.85. The van der Waals surface area contributed by atoms with Crippen LogP contribution >= 0.6 is 0 Å². The van der Waals surface area contributed by atoms with Crippen molar-refractivity contribution in [3.63, 3.8) is 0 Å². The van der Waals surface area contributed by atoms with Crippen molar-refractivity contribution in [1.82, 2.24) is 5.32 Å². The number of amides is 1. The second kappa shape index (κ2) is 11.0. The van der Waals surface area contributed by atoms with E-state index in [2.05, 4.69) is 5.32 Å². The van der Waals surface area contributed by atoms with Gasteiger partial charge in [-0.2, -0.15) is 0 Å². The molecule has 0 spiro atoms. The predicted molar refractivity (Wildman–Crippen MR) is 136 cm³/mol. The van der Waals surface area contributed by atoms with Gasteiger partial charge < -0.3 is 15.5 Å². The molecule has 0 aromatic heterocycles. The van der Waals surface area contributed by atoms with Gasteiger partial charge in [-0.1, -0.05) is 72.3 Å². The third-order valence-corrected chi connectivity index (χ3v) is 6.85. The molecule has 35 heavy (non-hydrogen) atoms. The van der Waals surface area contributed by atoms with Gasteiger partial charge in [0.1, 0.15) is 0 Å². The average Bonchev–Trinajstić information content (AvgIpc) is 3.15. The molecule has 5 nitrogen and oxygen atoms in total. The quantitative estimate of drug-likeness (QED) is 0.410. The van der Waals surface area contributed by atoms with E-state index in [0.717, 1.165) is 27.8 Å². The van der Waals surface area contributed by atoms with E-state index in [1.54, 1.807) is 0 Å². The first kappa shape index (κ1) is 24.8. The molecule has 0 bridgehead atoms. The van der Waals surface area contributed by atoms with Crippen LogP contribution in [0.1, 0.15) is 57.6 Å². The highest BCUT2D eigenvalue weighted by Gasteiger charge is 2.34. The first-order valence-corrected chi connectivity index (χ1v) is 12.2. The van der Waals surface area contributed by atoms with Gasteiger partial charge in [0.25, 0.3) is 0 Å². The number of aliphatic hydroxyl groups is 2. The first-order valence-electron chi connectivity index (χ1n) is 12.2. The van der Waals surface area contributed by atoms with E-state index in [1.165, 1.54) is 6.92 Å². The van der Waals surface area contributed by atoms with E-state index in [0.29, 0.717) is 24.8 Å². The van der Waals surface area contributed by atoms with Crippen LogP contribution in [0.3, 0.4) is 0 Å². The van der Waals surface area contributed by atoms with Crippen LogP contribution in [-0.4, -0.2) is 34.1 Å². The minimum atomic E-state index is -0.795. The lowest BCUT2D eigenvalue weighted by molar-refractivity contribution is -0.127. The number of nitrogens with one attached hydrogen (secondary N) is 1. The lowest BCUT2D eigenvalue weighted by Crippen LogP contribution is -2.39. The molecule has 4 atom stereocenters. The van der Waals surface area contributed by atoms with E-state index < -0.39 is 24.2 Å². The second-order valence-electron chi connectivity index (χ2n) is 9.65. The summed E-state index contributed by atoms with van der Waals surface area (Å²) in [6.07, 6.45) is 0.0510. The molecular weight excluding hydrogens is 438 g/mol. The smallest absolute Gasteiger partial charge is 0.224 e. The molecule has 3 aromatic carbocycles. The van der Waals surface area contributed by atoms with E-state index in [-0.39, 0.29) is 18.1 Å². The zero-order valence-electron chi connectivity index (χ0n) is 20.3. The van der Waals surface area contributed by atoms with Crippen LogP contribution in [0.2, 0.25) is 0 Å². The molecule has 0 heterocycles. The molecule has 3 N–H and O–H groups in total. The number of Topliss-reactive ketones (excluding diaryl/α,β-unsaturated/α-hetero) is 1. The number of aliphatic hydroxyl groups excluding tert-OH is 2. The van der Waals surface area contributed by atoms with Gasteiger partial charge in [0.2, 0.25) is 5.91 Å². The fraction of sp³-hybridized carbons (Fsp3) is 0.333. The highest BCUT2D eigenvalue weighted by Crippen LogP contribution is 2.32. The van der Waals surface area contributed by atoms with Crippen molar-refractivity contribution < 1.29 is 19.8 Å². The van der Waals surface area contributed by atoms with E-state index in [4.69, 9.17) is 0 Å². The van der Waals surface area contributed by atoms with Gasteiger partial charge in [-0.25, -0.2) is 0 Å². The average molecular weight is 472 g/mol. The second-order valence-corrected chi connectivity index (χ2v) is 9.65. The van der Waals surface area contributed by atoms with Crippen LogP contribution in [-0.2, 0) is 24.1 Å². The largest absolute Gasteiger partial charge is 0.393 e. The van der Waals surface area contributed by atoms with Crippen LogP contribution in [0.25, 0.3) is 0 Å². The number of benzene rings is 3. The van der Waals surface area contributed by atoms with E-state index in [9.17, 15) is 19.8 Å². The van der Waals surface area contributed by atoms with E-state index in [1.807, 2.05) is 79.7 Å². The van der Waals surface area contributed by atoms with Crippen LogP contribution in [0.5, 0.6) is 0 Å². The summed E-state index contributed by atoms with van der Waals surface area (Å²) in [4.78, 5) is 25.6. The molecule has 4 rings (SSSR count). The molecule has 182 valence electrons. The highest BCUT2D eigenvalue weighted by molar-refractivity contribution is 5.95. The molecular formula is C30H33NO4. The molecule has 0 saturated carbocycles. The van der Waals surface area contributed by atoms with Gasteiger partial charge >= 0.3 is 0 Å². The lowest BCUT2D eigenvalue weighted by Gasteiger charge is -2.25. The monoisotopic (exact) mass is 471 g/mol. The predicted octanol–water partition coefficient (Wildman–Crippen LogP) is 4.12. The van der Waals surface area contributed by atoms with Crippen LogP contribution in [0.15, 0.2) is 72.8 Å². The van der Waals surface area contributed by atoms with Crippen molar-refractivity contribution >= 4 is 11.7 Å². The minimum absolute atomic E-state index is 0.0386. The van der Waals surface area contributed by atoms with Crippen LogP contribution < -0.4 is 5.32 Å². The Bertz CT molecular complexity index is 1190. The summed E-state index contributed by atoms with van der Waals surface area (Å²) in [7, 11) is 0. The SMILES string of the molecule is CC(=O)c1cc(C)ccc1C[C@@H](O)C[C@@H](Cc1ccccc1)C(=O)N[C@H]1c2ccccc2C[C@H]1O. The van der Waals surface area contributed by atoms with Crippen LogP contribution in [0, 0.1) is 12.8 Å². The van der Waals surface area contributed by atoms with Crippen molar-refractivity contribution in [2.24, 2.45) is 5.92 Å². The minimum Gasteiger partial charge on any atom is -0.393 e. The van der Waals surface area contributed by atoms with Crippen molar-refractivity contribution in [1.29, 1.82) is 0 Å². The Hall–Kier alpha value is -3.28. The number of carbonyl (C=O) groups excluding carboxylic acids is 2. The molecule has 5 heteroatoms. The molecule has 1 amide bonds. The Morgan fingerprint density at radius 1 is 1.00 bits per heavy atom. The normalized spacial score (nSPS) is 18.5. The summed E-state index contributed by atoms with van der Waals surface area (Å²) in [5.74, 6) is -0.716. The number of fused-ring (bicyclic) bond motifs is 1. The maximum Gasteiger partial charge on any atom is 0.224 e. The molecule has 0 saturated heterocycles. The number of carbonyl (C=O) groups is 2. The fourth-order valence-corrected chi connectivity index (χ4v) is 5.06. The fourth-order valence-electron chi connectivity index (χ4n) is 5.06. The summed E-state index contributed by atoms with van der Waals surface area (Å²) in [6.45, 7) is 3.46. The maximum absolute atomic E-state index is 13.5. The van der Waals surface area contributed by atoms with Gasteiger partial charge in [0.05, 0.1) is 18.2 Å². The highest BCUT2D eigenvalue weighted by atomic mass is 16.3. The van der Waals surface area contributed by atoms with Gasteiger partial charge in [0.15, 0.2) is 5.78 Å².